The lowest BCUT2D eigenvalue weighted by atomic mass is 10.1. The molecule has 2 aromatic rings. The number of anilines is 1. The lowest BCUT2D eigenvalue weighted by Crippen LogP contribution is -2.17. The van der Waals surface area contributed by atoms with Gasteiger partial charge in [0.15, 0.2) is 5.82 Å². The first kappa shape index (κ1) is 15.2. The van der Waals surface area contributed by atoms with Crippen molar-refractivity contribution in [1.29, 1.82) is 0 Å². The van der Waals surface area contributed by atoms with E-state index in [9.17, 15) is 13.2 Å². The molecule has 0 aliphatic rings. The molecule has 2 rings (SSSR count). The fourth-order valence-corrected chi connectivity index (χ4v) is 2.70. The summed E-state index contributed by atoms with van der Waals surface area (Å²) < 4.78 is 26.7. The molecule has 3 N–H and O–H groups in total. The van der Waals surface area contributed by atoms with Crippen molar-refractivity contribution >= 4 is 15.8 Å². The summed E-state index contributed by atoms with van der Waals surface area (Å²) in [6.45, 7) is 1.98. The molecule has 1 aromatic heterocycles. The number of benzene rings is 1. The van der Waals surface area contributed by atoms with Crippen LogP contribution in [0.5, 0.6) is 0 Å². The zero-order valence-corrected chi connectivity index (χ0v) is 12.4. The number of sulfonamides is 1. The summed E-state index contributed by atoms with van der Waals surface area (Å²) in [5.74, 6) is 0.0577. The Hall–Kier alpha value is -2.19. The summed E-state index contributed by atoms with van der Waals surface area (Å²) in [5, 5.41) is 8.85. The Bertz CT molecular complexity index is 748. The minimum Gasteiger partial charge on any atom is -0.313 e. The smallest absolute Gasteiger partial charge is 0.264 e. The van der Waals surface area contributed by atoms with E-state index in [1.165, 1.54) is 24.3 Å². The number of rotatable bonds is 5. The number of nitrogens with one attached hydrogen (secondary N) is 3. The first-order chi connectivity index (χ1) is 9.92. The maximum absolute atomic E-state index is 12.2. The van der Waals surface area contributed by atoms with E-state index in [-0.39, 0.29) is 16.8 Å². The van der Waals surface area contributed by atoms with Crippen LogP contribution in [-0.2, 0) is 10.0 Å². The van der Waals surface area contributed by atoms with Crippen LogP contribution < -0.4 is 15.6 Å². The standard InChI is InChI=1S/C13H16N4O3S/c1-9(14-2)10-3-5-11(6-4-10)21(19,20)17-12-7-8-13(18)16-15-12/h3-9,14H,1-2H3,(H,15,17)(H,16,18). The van der Waals surface area contributed by atoms with E-state index in [1.54, 1.807) is 12.1 Å². The summed E-state index contributed by atoms with van der Waals surface area (Å²) in [7, 11) is -1.90. The molecule has 0 aliphatic heterocycles. The van der Waals surface area contributed by atoms with Crippen LogP contribution in [0.25, 0.3) is 0 Å². The van der Waals surface area contributed by atoms with Gasteiger partial charge in [-0.15, -0.1) is 0 Å². The Morgan fingerprint density at radius 3 is 2.33 bits per heavy atom. The quantitative estimate of drug-likeness (QED) is 0.759. The molecule has 0 fully saturated rings. The van der Waals surface area contributed by atoms with Crippen LogP contribution in [0.15, 0.2) is 46.1 Å². The van der Waals surface area contributed by atoms with Crippen molar-refractivity contribution < 1.29 is 8.42 Å². The Morgan fingerprint density at radius 1 is 1.14 bits per heavy atom. The predicted octanol–water partition coefficient (Wildman–Crippen LogP) is 0.851. The highest BCUT2D eigenvalue weighted by Crippen LogP contribution is 2.17. The third kappa shape index (κ3) is 3.67. The van der Waals surface area contributed by atoms with Gasteiger partial charge in [-0.25, -0.2) is 13.5 Å². The van der Waals surface area contributed by atoms with Gasteiger partial charge in [-0.2, -0.15) is 5.10 Å². The topological polar surface area (TPSA) is 104 Å². The lowest BCUT2D eigenvalue weighted by Gasteiger charge is -2.11. The maximum atomic E-state index is 12.2. The van der Waals surface area contributed by atoms with Gasteiger partial charge in [0.2, 0.25) is 0 Å². The number of nitrogens with zero attached hydrogens (tertiary/aromatic N) is 1. The molecule has 0 aliphatic carbocycles. The highest BCUT2D eigenvalue weighted by atomic mass is 32.2. The van der Waals surface area contributed by atoms with Crippen LogP contribution in [-0.4, -0.2) is 25.7 Å². The van der Waals surface area contributed by atoms with Crippen molar-refractivity contribution in [3.05, 3.63) is 52.3 Å². The number of hydrogen-bond donors (Lipinski definition) is 3. The molecule has 8 heteroatoms. The Kier molecular flexibility index (Phi) is 4.39. The van der Waals surface area contributed by atoms with Crippen molar-refractivity contribution in [2.75, 3.05) is 11.8 Å². The van der Waals surface area contributed by atoms with E-state index in [4.69, 9.17) is 0 Å². The normalized spacial score (nSPS) is 12.9. The fraction of sp³-hybridized carbons (Fsp3) is 0.231. The number of aromatic amines is 1. The third-order valence-electron chi connectivity index (χ3n) is 3.04. The number of hydrogen-bond acceptors (Lipinski definition) is 5. The molecular weight excluding hydrogens is 292 g/mol. The minimum absolute atomic E-state index is 0.0577. The zero-order chi connectivity index (χ0) is 15.5. The van der Waals surface area contributed by atoms with E-state index in [2.05, 4.69) is 20.2 Å². The van der Waals surface area contributed by atoms with Crippen molar-refractivity contribution in [2.24, 2.45) is 0 Å². The number of H-pyrrole nitrogens is 1. The van der Waals surface area contributed by atoms with Crippen LogP contribution in [0.4, 0.5) is 5.82 Å². The average molecular weight is 308 g/mol. The Labute approximate surface area is 122 Å². The van der Waals surface area contributed by atoms with Crippen LogP contribution in [0.3, 0.4) is 0 Å². The van der Waals surface area contributed by atoms with E-state index < -0.39 is 15.6 Å². The second-order valence-electron chi connectivity index (χ2n) is 4.49. The first-order valence-electron chi connectivity index (χ1n) is 6.28. The number of aromatic nitrogens is 2. The van der Waals surface area contributed by atoms with Crippen LogP contribution in [0, 0.1) is 0 Å². The Balaban J connectivity index is 2.23. The predicted molar refractivity (Wildman–Crippen MR) is 79.6 cm³/mol. The molecule has 1 atom stereocenters. The molecule has 0 bridgehead atoms. The van der Waals surface area contributed by atoms with Gasteiger partial charge >= 0.3 is 0 Å². The molecule has 1 aromatic carbocycles. The highest BCUT2D eigenvalue weighted by molar-refractivity contribution is 7.92. The average Bonchev–Trinajstić information content (AvgIpc) is 2.49. The van der Waals surface area contributed by atoms with Crippen LogP contribution in [0.1, 0.15) is 18.5 Å². The van der Waals surface area contributed by atoms with E-state index >= 15 is 0 Å². The molecule has 1 heterocycles. The Morgan fingerprint density at radius 2 is 1.81 bits per heavy atom. The summed E-state index contributed by atoms with van der Waals surface area (Å²) in [4.78, 5) is 11.0. The molecule has 0 saturated carbocycles. The SMILES string of the molecule is CNC(C)c1ccc(S(=O)(=O)Nc2ccc(=O)[nH]n2)cc1. The van der Waals surface area contributed by atoms with Gasteiger partial charge in [-0.1, -0.05) is 12.1 Å². The second-order valence-corrected chi connectivity index (χ2v) is 6.17. The highest BCUT2D eigenvalue weighted by Gasteiger charge is 2.15. The maximum Gasteiger partial charge on any atom is 0.264 e. The van der Waals surface area contributed by atoms with Gasteiger partial charge in [0.25, 0.3) is 15.6 Å². The molecule has 112 valence electrons. The third-order valence-corrected chi connectivity index (χ3v) is 4.41. The molecule has 0 radical (unpaired) electrons. The van der Waals surface area contributed by atoms with E-state index in [1.807, 2.05) is 14.0 Å². The van der Waals surface area contributed by atoms with Gasteiger partial charge in [0, 0.05) is 12.1 Å². The molecule has 0 saturated heterocycles. The van der Waals surface area contributed by atoms with Crippen LogP contribution in [0.2, 0.25) is 0 Å². The van der Waals surface area contributed by atoms with Gasteiger partial charge in [0.05, 0.1) is 4.90 Å². The van der Waals surface area contributed by atoms with Crippen LogP contribution >= 0.6 is 0 Å². The summed E-state index contributed by atoms with van der Waals surface area (Å²) >= 11 is 0. The van der Waals surface area contributed by atoms with Gasteiger partial charge in [-0.3, -0.25) is 9.52 Å². The lowest BCUT2D eigenvalue weighted by molar-refractivity contribution is 0.600. The van der Waals surface area contributed by atoms with Crippen molar-refractivity contribution in [3.63, 3.8) is 0 Å². The van der Waals surface area contributed by atoms with E-state index in [0.29, 0.717) is 0 Å². The monoisotopic (exact) mass is 308 g/mol. The van der Waals surface area contributed by atoms with Crippen molar-refractivity contribution in [3.8, 4) is 0 Å². The molecule has 7 nitrogen and oxygen atoms in total. The van der Waals surface area contributed by atoms with E-state index in [0.717, 1.165) is 5.56 Å². The van der Waals surface area contributed by atoms with Crippen molar-refractivity contribution in [2.45, 2.75) is 17.9 Å². The molecule has 1 unspecified atom stereocenters. The second kappa shape index (κ2) is 6.06. The zero-order valence-electron chi connectivity index (χ0n) is 11.6. The summed E-state index contributed by atoms with van der Waals surface area (Å²) in [5.41, 5.74) is 0.585. The molecular formula is C13H16N4O3S. The first-order valence-corrected chi connectivity index (χ1v) is 7.76. The van der Waals surface area contributed by atoms with Gasteiger partial charge in [-0.05, 0) is 37.7 Å². The van der Waals surface area contributed by atoms with Gasteiger partial charge < -0.3 is 5.32 Å². The molecule has 0 spiro atoms. The molecule has 0 amide bonds. The fourth-order valence-electron chi connectivity index (χ4n) is 1.70. The summed E-state index contributed by atoms with van der Waals surface area (Å²) in [6, 6.07) is 9.17. The molecule has 21 heavy (non-hydrogen) atoms. The van der Waals surface area contributed by atoms with Gasteiger partial charge in [0.1, 0.15) is 0 Å². The van der Waals surface area contributed by atoms with Crippen molar-refractivity contribution in [1.82, 2.24) is 15.5 Å². The summed E-state index contributed by atoms with van der Waals surface area (Å²) in [6.07, 6.45) is 0. The largest absolute Gasteiger partial charge is 0.313 e. The minimum atomic E-state index is -3.73.